The first-order valence-electron chi connectivity index (χ1n) is 5.55. The van der Waals surface area contributed by atoms with Gasteiger partial charge in [-0.2, -0.15) is 0 Å². The van der Waals surface area contributed by atoms with Crippen molar-refractivity contribution in [2.45, 2.75) is 25.2 Å². The molecule has 104 valence electrons. The van der Waals surface area contributed by atoms with E-state index in [1.54, 1.807) is 6.08 Å². The van der Waals surface area contributed by atoms with Crippen LogP contribution in [0.4, 0.5) is 13.2 Å². The van der Waals surface area contributed by atoms with Gasteiger partial charge >= 0.3 is 6.36 Å². The van der Waals surface area contributed by atoms with Crippen molar-refractivity contribution in [3.05, 3.63) is 42.5 Å². The van der Waals surface area contributed by atoms with Gasteiger partial charge in [-0.25, -0.2) is 0 Å². The fourth-order valence-electron chi connectivity index (χ4n) is 1.45. The highest BCUT2D eigenvalue weighted by atomic mass is 19.4. The Morgan fingerprint density at radius 1 is 1.37 bits per heavy atom. The van der Waals surface area contributed by atoms with Gasteiger partial charge in [-0.3, -0.25) is 4.79 Å². The maximum absolute atomic E-state index is 11.9. The SMILES string of the molecule is C=CCC(N)C(=O)Cc1ccc(OC(F)(F)F)cc1. The maximum atomic E-state index is 11.9. The number of rotatable bonds is 6. The molecule has 6 heteroatoms. The van der Waals surface area contributed by atoms with Gasteiger partial charge in [0.15, 0.2) is 5.78 Å². The lowest BCUT2D eigenvalue weighted by atomic mass is 10.0. The molecular formula is C13H14F3NO2. The Morgan fingerprint density at radius 3 is 2.42 bits per heavy atom. The summed E-state index contributed by atoms with van der Waals surface area (Å²) in [4.78, 5) is 11.6. The number of hydrogen-bond donors (Lipinski definition) is 1. The molecule has 1 aromatic rings. The highest BCUT2D eigenvalue weighted by molar-refractivity contribution is 5.86. The number of Topliss-reactive ketones (excluding diaryl/α,β-unsaturated/α-hetero) is 1. The molecule has 0 saturated carbocycles. The predicted octanol–water partition coefficient (Wildman–Crippen LogP) is 2.60. The summed E-state index contributed by atoms with van der Waals surface area (Å²) in [5.41, 5.74) is 6.18. The maximum Gasteiger partial charge on any atom is 0.573 e. The van der Waals surface area contributed by atoms with E-state index in [1.807, 2.05) is 0 Å². The molecule has 0 saturated heterocycles. The van der Waals surface area contributed by atoms with E-state index in [1.165, 1.54) is 12.1 Å². The summed E-state index contributed by atoms with van der Waals surface area (Å²) >= 11 is 0. The van der Waals surface area contributed by atoms with Crippen LogP contribution in [-0.2, 0) is 11.2 Å². The summed E-state index contributed by atoms with van der Waals surface area (Å²) < 4.78 is 39.5. The number of ketones is 1. The smallest absolute Gasteiger partial charge is 0.406 e. The second-order valence-corrected chi connectivity index (χ2v) is 3.97. The van der Waals surface area contributed by atoms with E-state index in [0.29, 0.717) is 12.0 Å². The molecule has 3 nitrogen and oxygen atoms in total. The van der Waals surface area contributed by atoms with Gasteiger partial charge in [0.05, 0.1) is 6.04 Å². The van der Waals surface area contributed by atoms with Crippen LogP contribution in [0.1, 0.15) is 12.0 Å². The second-order valence-electron chi connectivity index (χ2n) is 3.97. The van der Waals surface area contributed by atoms with Crippen LogP contribution in [0.15, 0.2) is 36.9 Å². The molecule has 1 unspecified atom stereocenters. The van der Waals surface area contributed by atoms with Gasteiger partial charge in [0.25, 0.3) is 0 Å². The van der Waals surface area contributed by atoms with E-state index in [0.717, 1.165) is 12.1 Å². The molecule has 2 N–H and O–H groups in total. The topological polar surface area (TPSA) is 52.3 Å². The van der Waals surface area contributed by atoms with E-state index in [2.05, 4.69) is 11.3 Å². The van der Waals surface area contributed by atoms with Crippen molar-refractivity contribution in [2.24, 2.45) is 5.73 Å². The number of ether oxygens (including phenoxy) is 1. The standard InChI is InChI=1S/C13H14F3NO2/c1-2-3-11(17)12(18)8-9-4-6-10(7-5-9)19-13(14,15)16/h2,4-7,11H,1,3,8,17H2. The Bertz CT molecular complexity index is 440. The fourth-order valence-corrected chi connectivity index (χ4v) is 1.45. The summed E-state index contributed by atoms with van der Waals surface area (Å²) in [6.45, 7) is 3.48. The van der Waals surface area contributed by atoms with Crippen LogP contribution in [0.3, 0.4) is 0 Å². The van der Waals surface area contributed by atoms with Crippen molar-refractivity contribution in [1.29, 1.82) is 0 Å². The van der Waals surface area contributed by atoms with Crippen LogP contribution in [-0.4, -0.2) is 18.2 Å². The summed E-state index contributed by atoms with van der Waals surface area (Å²) in [6, 6.07) is 4.49. The minimum atomic E-state index is -4.72. The zero-order valence-corrected chi connectivity index (χ0v) is 10.1. The van der Waals surface area contributed by atoms with Gasteiger partial charge in [-0.1, -0.05) is 18.2 Å². The molecule has 1 aromatic carbocycles. The molecule has 0 aromatic heterocycles. The van der Waals surface area contributed by atoms with Crippen LogP contribution in [0, 0.1) is 0 Å². The quantitative estimate of drug-likeness (QED) is 0.810. The molecule has 1 rings (SSSR count). The van der Waals surface area contributed by atoms with Crippen molar-refractivity contribution in [2.75, 3.05) is 0 Å². The van der Waals surface area contributed by atoms with Crippen molar-refractivity contribution in [3.63, 3.8) is 0 Å². The summed E-state index contributed by atoms with van der Waals surface area (Å²) in [6.07, 6.45) is -2.73. The zero-order chi connectivity index (χ0) is 14.5. The number of hydrogen-bond acceptors (Lipinski definition) is 3. The third-order valence-electron chi connectivity index (χ3n) is 2.37. The van der Waals surface area contributed by atoms with Gasteiger partial charge in [0.1, 0.15) is 5.75 Å². The Hall–Kier alpha value is -1.82. The summed E-state index contributed by atoms with van der Waals surface area (Å²) in [7, 11) is 0. The number of carbonyl (C=O) groups excluding carboxylic acids is 1. The third kappa shape index (κ3) is 5.56. The zero-order valence-electron chi connectivity index (χ0n) is 10.1. The lowest BCUT2D eigenvalue weighted by molar-refractivity contribution is -0.274. The van der Waals surface area contributed by atoms with Gasteiger partial charge in [-0.05, 0) is 24.1 Å². The Kier molecular flexibility index (Phi) is 5.11. The van der Waals surface area contributed by atoms with Crippen molar-refractivity contribution in [1.82, 2.24) is 0 Å². The molecule has 0 aliphatic carbocycles. The van der Waals surface area contributed by atoms with E-state index in [4.69, 9.17) is 5.73 Å². The summed E-state index contributed by atoms with van der Waals surface area (Å²) in [5, 5.41) is 0. The molecule has 0 fully saturated rings. The average Bonchev–Trinajstić information content (AvgIpc) is 2.30. The van der Waals surface area contributed by atoms with Crippen molar-refractivity contribution >= 4 is 5.78 Å². The minimum Gasteiger partial charge on any atom is -0.406 e. The Morgan fingerprint density at radius 2 is 1.95 bits per heavy atom. The van der Waals surface area contributed by atoms with E-state index >= 15 is 0 Å². The number of halogens is 3. The van der Waals surface area contributed by atoms with Crippen LogP contribution in [0.5, 0.6) is 5.75 Å². The van der Waals surface area contributed by atoms with Crippen LogP contribution < -0.4 is 10.5 Å². The molecule has 0 aliphatic rings. The second kappa shape index (κ2) is 6.38. The number of carbonyl (C=O) groups is 1. The molecule has 0 radical (unpaired) electrons. The molecule has 0 amide bonds. The lowest BCUT2D eigenvalue weighted by Gasteiger charge is -2.10. The van der Waals surface area contributed by atoms with E-state index < -0.39 is 12.4 Å². The van der Waals surface area contributed by atoms with Crippen molar-refractivity contribution in [3.8, 4) is 5.75 Å². The molecular weight excluding hydrogens is 259 g/mol. The van der Waals surface area contributed by atoms with Gasteiger partial charge < -0.3 is 10.5 Å². The molecule has 1 atom stereocenters. The molecule has 19 heavy (non-hydrogen) atoms. The Balaban J connectivity index is 2.62. The Labute approximate surface area is 108 Å². The molecule has 0 bridgehead atoms. The van der Waals surface area contributed by atoms with Crippen LogP contribution in [0.2, 0.25) is 0 Å². The molecule has 0 aliphatic heterocycles. The molecule has 0 spiro atoms. The first-order chi connectivity index (χ1) is 8.81. The summed E-state index contributed by atoms with van der Waals surface area (Å²) in [5.74, 6) is -0.511. The first-order valence-corrected chi connectivity index (χ1v) is 5.55. The first kappa shape index (κ1) is 15.2. The highest BCUT2D eigenvalue weighted by Crippen LogP contribution is 2.22. The highest BCUT2D eigenvalue weighted by Gasteiger charge is 2.30. The minimum absolute atomic E-state index is 0.0707. The molecule has 0 heterocycles. The average molecular weight is 273 g/mol. The fraction of sp³-hybridized carbons (Fsp3) is 0.308. The predicted molar refractivity (Wildman–Crippen MR) is 64.6 cm³/mol. The van der Waals surface area contributed by atoms with Crippen LogP contribution in [0.25, 0.3) is 0 Å². The van der Waals surface area contributed by atoms with Gasteiger partial charge in [0, 0.05) is 6.42 Å². The largest absolute Gasteiger partial charge is 0.573 e. The monoisotopic (exact) mass is 273 g/mol. The van der Waals surface area contributed by atoms with Crippen LogP contribution >= 0.6 is 0 Å². The van der Waals surface area contributed by atoms with Gasteiger partial charge in [0.2, 0.25) is 0 Å². The number of nitrogens with two attached hydrogens (primary N) is 1. The van der Waals surface area contributed by atoms with E-state index in [9.17, 15) is 18.0 Å². The number of benzene rings is 1. The van der Waals surface area contributed by atoms with Crippen molar-refractivity contribution < 1.29 is 22.7 Å². The third-order valence-corrected chi connectivity index (χ3v) is 2.37. The normalized spacial score (nSPS) is 12.8. The number of alkyl halides is 3. The van der Waals surface area contributed by atoms with Gasteiger partial charge in [-0.15, -0.1) is 19.8 Å². The lowest BCUT2D eigenvalue weighted by Crippen LogP contribution is -2.31. The van der Waals surface area contributed by atoms with E-state index in [-0.39, 0.29) is 18.0 Å².